The van der Waals surface area contributed by atoms with E-state index in [-0.39, 0.29) is 18.0 Å². The second-order valence-corrected chi connectivity index (χ2v) is 7.27. The molecule has 1 atom stereocenters. The Bertz CT molecular complexity index is 546. The monoisotopic (exact) mass is 266 g/mol. The second-order valence-electron chi connectivity index (χ2n) is 4.99. The molecule has 0 aliphatic heterocycles. The van der Waals surface area contributed by atoms with E-state index >= 15 is 0 Å². The van der Waals surface area contributed by atoms with Crippen LogP contribution in [0.3, 0.4) is 0 Å². The zero-order valence-corrected chi connectivity index (χ0v) is 11.4. The summed E-state index contributed by atoms with van der Waals surface area (Å²) >= 11 is 0. The molecule has 0 spiro atoms. The van der Waals surface area contributed by atoms with Gasteiger partial charge in [-0.1, -0.05) is 24.3 Å². The van der Waals surface area contributed by atoms with Gasteiger partial charge < -0.3 is 0 Å². The SMILES string of the molecule is Cc1ccccc1CS(=O)(=O)C1CCCC(=O)C1. The lowest BCUT2D eigenvalue weighted by molar-refractivity contribution is -0.120. The first kappa shape index (κ1) is 13.3. The molecule has 18 heavy (non-hydrogen) atoms. The van der Waals surface area contributed by atoms with Crippen LogP contribution in [0, 0.1) is 6.92 Å². The van der Waals surface area contributed by atoms with Gasteiger partial charge in [-0.15, -0.1) is 0 Å². The van der Waals surface area contributed by atoms with Crippen LogP contribution in [0.5, 0.6) is 0 Å². The Balaban J connectivity index is 2.17. The van der Waals surface area contributed by atoms with Crippen molar-refractivity contribution in [3.63, 3.8) is 0 Å². The average Bonchev–Trinajstić information content (AvgIpc) is 2.32. The van der Waals surface area contributed by atoms with Gasteiger partial charge in [0.15, 0.2) is 9.84 Å². The maximum atomic E-state index is 12.3. The largest absolute Gasteiger partial charge is 0.300 e. The van der Waals surface area contributed by atoms with E-state index in [0.29, 0.717) is 19.3 Å². The van der Waals surface area contributed by atoms with Crippen LogP contribution in [0.2, 0.25) is 0 Å². The minimum Gasteiger partial charge on any atom is -0.300 e. The summed E-state index contributed by atoms with van der Waals surface area (Å²) in [6.45, 7) is 1.91. The Kier molecular flexibility index (Phi) is 3.85. The van der Waals surface area contributed by atoms with Crippen molar-refractivity contribution in [3.8, 4) is 0 Å². The number of carbonyl (C=O) groups excluding carboxylic acids is 1. The minimum atomic E-state index is -3.21. The van der Waals surface area contributed by atoms with Gasteiger partial charge in [0.2, 0.25) is 0 Å². The van der Waals surface area contributed by atoms with E-state index in [2.05, 4.69) is 0 Å². The predicted molar refractivity (Wildman–Crippen MR) is 71.1 cm³/mol. The summed E-state index contributed by atoms with van der Waals surface area (Å²) in [5.41, 5.74) is 1.83. The van der Waals surface area contributed by atoms with Crippen LogP contribution in [0.15, 0.2) is 24.3 Å². The summed E-state index contributed by atoms with van der Waals surface area (Å²) in [5, 5.41) is -0.474. The molecule has 0 radical (unpaired) electrons. The van der Waals surface area contributed by atoms with Crippen molar-refractivity contribution in [1.29, 1.82) is 0 Å². The number of ketones is 1. The third-order valence-electron chi connectivity index (χ3n) is 3.56. The lowest BCUT2D eigenvalue weighted by Crippen LogP contribution is -2.29. The molecule has 1 saturated carbocycles. The first-order chi connectivity index (χ1) is 8.49. The van der Waals surface area contributed by atoms with Gasteiger partial charge in [-0.25, -0.2) is 8.42 Å². The number of carbonyl (C=O) groups is 1. The molecule has 0 amide bonds. The topological polar surface area (TPSA) is 51.2 Å². The Labute approximate surface area is 108 Å². The molecule has 0 heterocycles. The summed E-state index contributed by atoms with van der Waals surface area (Å²) in [6, 6.07) is 7.51. The van der Waals surface area contributed by atoms with Crippen LogP contribution in [-0.2, 0) is 20.4 Å². The Morgan fingerprint density at radius 3 is 2.67 bits per heavy atom. The van der Waals surface area contributed by atoms with E-state index in [9.17, 15) is 13.2 Å². The van der Waals surface area contributed by atoms with Crippen LogP contribution >= 0.6 is 0 Å². The highest BCUT2D eigenvalue weighted by Crippen LogP contribution is 2.25. The molecule has 1 aliphatic rings. The van der Waals surface area contributed by atoms with Gasteiger partial charge in [-0.2, -0.15) is 0 Å². The zero-order chi connectivity index (χ0) is 13.2. The molecule has 1 unspecified atom stereocenters. The second kappa shape index (κ2) is 5.22. The zero-order valence-electron chi connectivity index (χ0n) is 10.6. The number of sulfone groups is 1. The van der Waals surface area contributed by atoms with Crippen molar-refractivity contribution in [1.82, 2.24) is 0 Å². The highest BCUT2D eigenvalue weighted by molar-refractivity contribution is 7.91. The van der Waals surface area contributed by atoms with Crippen LogP contribution < -0.4 is 0 Å². The van der Waals surface area contributed by atoms with Crippen molar-refractivity contribution in [3.05, 3.63) is 35.4 Å². The van der Waals surface area contributed by atoms with Crippen LogP contribution in [-0.4, -0.2) is 19.5 Å². The van der Waals surface area contributed by atoms with Crippen molar-refractivity contribution >= 4 is 15.6 Å². The third-order valence-corrected chi connectivity index (χ3v) is 5.69. The standard InChI is InChI=1S/C14H18O3S/c1-11-5-2-3-6-12(11)10-18(16,17)14-8-4-7-13(15)9-14/h2-3,5-6,14H,4,7-10H2,1H3. The number of hydrogen-bond donors (Lipinski definition) is 0. The molecule has 1 aliphatic carbocycles. The van der Waals surface area contributed by atoms with Crippen molar-refractivity contribution in [2.45, 2.75) is 43.6 Å². The van der Waals surface area contributed by atoms with E-state index in [1.807, 2.05) is 31.2 Å². The highest BCUT2D eigenvalue weighted by atomic mass is 32.2. The summed E-state index contributed by atoms with van der Waals surface area (Å²) in [6.07, 6.45) is 2.07. The lowest BCUT2D eigenvalue weighted by Gasteiger charge is -2.21. The van der Waals surface area contributed by atoms with Gasteiger partial charge in [0.1, 0.15) is 5.78 Å². The predicted octanol–water partition coefficient (Wildman–Crippen LogP) is 2.42. The summed E-state index contributed by atoms with van der Waals surface area (Å²) in [4.78, 5) is 11.4. The van der Waals surface area contributed by atoms with Crippen LogP contribution in [0.4, 0.5) is 0 Å². The molecule has 0 N–H and O–H groups in total. The number of hydrogen-bond acceptors (Lipinski definition) is 3. The lowest BCUT2D eigenvalue weighted by atomic mass is 9.99. The van der Waals surface area contributed by atoms with E-state index < -0.39 is 15.1 Å². The Hall–Kier alpha value is -1.16. The van der Waals surface area contributed by atoms with Crippen molar-refractivity contribution in [2.75, 3.05) is 0 Å². The molecule has 1 aromatic carbocycles. The number of benzene rings is 1. The Morgan fingerprint density at radius 2 is 2.00 bits per heavy atom. The van der Waals surface area contributed by atoms with Gasteiger partial charge in [0.25, 0.3) is 0 Å². The minimum absolute atomic E-state index is 0.0532. The summed E-state index contributed by atoms with van der Waals surface area (Å²) < 4.78 is 24.6. The number of Topliss-reactive ketones (excluding diaryl/α,β-unsaturated/α-hetero) is 1. The van der Waals surface area contributed by atoms with Crippen molar-refractivity contribution < 1.29 is 13.2 Å². The van der Waals surface area contributed by atoms with Gasteiger partial charge in [-0.3, -0.25) is 4.79 Å². The molecule has 4 heteroatoms. The molecule has 0 aromatic heterocycles. The van der Waals surface area contributed by atoms with Gasteiger partial charge in [-0.05, 0) is 30.9 Å². The molecule has 2 rings (SSSR count). The molecule has 0 bridgehead atoms. The molecule has 0 saturated heterocycles. The molecule has 3 nitrogen and oxygen atoms in total. The fourth-order valence-corrected chi connectivity index (χ4v) is 4.36. The van der Waals surface area contributed by atoms with E-state index in [1.54, 1.807) is 0 Å². The van der Waals surface area contributed by atoms with E-state index in [0.717, 1.165) is 11.1 Å². The van der Waals surface area contributed by atoms with Gasteiger partial charge in [0.05, 0.1) is 11.0 Å². The van der Waals surface area contributed by atoms with E-state index in [1.165, 1.54) is 0 Å². The maximum absolute atomic E-state index is 12.3. The smallest absolute Gasteiger partial charge is 0.157 e. The third kappa shape index (κ3) is 2.99. The normalized spacial score (nSPS) is 20.9. The van der Waals surface area contributed by atoms with Crippen molar-refractivity contribution in [2.24, 2.45) is 0 Å². The fraction of sp³-hybridized carbons (Fsp3) is 0.500. The highest BCUT2D eigenvalue weighted by Gasteiger charge is 2.30. The molecular formula is C14H18O3S. The fourth-order valence-electron chi connectivity index (χ4n) is 2.40. The summed E-state index contributed by atoms with van der Waals surface area (Å²) in [5.74, 6) is 0.136. The summed E-state index contributed by atoms with van der Waals surface area (Å²) in [7, 11) is -3.21. The molecule has 98 valence electrons. The first-order valence-corrected chi connectivity index (χ1v) is 7.98. The quantitative estimate of drug-likeness (QED) is 0.844. The number of aryl methyl sites for hydroxylation is 1. The molecule has 1 aromatic rings. The van der Waals surface area contributed by atoms with E-state index in [4.69, 9.17) is 0 Å². The number of rotatable bonds is 3. The Morgan fingerprint density at radius 1 is 1.28 bits per heavy atom. The van der Waals surface area contributed by atoms with Gasteiger partial charge >= 0.3 is 0 Å². The van der Waals surface area contributed by atoms with Crippen LogP contribution in [0.1, 0.15) is 36.8 Å². The average molecular weight is 266 g/mol. The van der Waals surface area contributed by atoms with Crippen LogP contribution in [0.25, 0.3) is 0 Å². The molecular weight excluding hydrogens is 248 g/mol. The molecule has 1 fully saturated rings. The maximum Gasteiger partial charge on any atom is 0.157 e. The first-order valence-electron chi connectivity index (χ1n) is 6.27. The van der Waals surface area contributed by atoms with Gasteiger partial charge in [0, 0.05) is 12.8 Å².